The zero-order chi connectivity index (χ0) is 19.7. The Hall–Kier alpha value is -2.39. The minimum absolute atomic E-state index is 0.451. The summed E-state index contributed by atoms with van der Waals surface area (Å²) < 4.78 is 6.88. The van der Waals surface area contributed by atoms with Gasteiger partial charge < -0.3 is 4.74 Å². The van der Waals surface area contributed by atoms with Gasteiger partial charge in [0.15, 0.2) is 5.84 Å². The molecule has 0 saturated heterocycles. The molecular formula is C18H16Cl2N6OS. The van der Waals surface area contributed by atoms with Crippen LogP contribution in [0.1, 0.15) is 11.1 Å². The van der Waals surface area contributed by atoms with Gasteiger partial charge in [-0.25, -0.2) is 10.2 Å². The first-order valence-electron chi connectivity index (χ1n) is 8.28. The number of halogens is 2. The molecule has 0 saturated carbocycles. The summed E-state index contributed by atoms with van der Waals surface area (Å²) in [5, 5.41) is 12.2. The second-order valence-electron chi connectivity index (χ2n) is 5.99. The molecule has 7 nitrogen and oxygen atoms in total. The summed E-state index contributed by atoms with van der Waals surface area (Å²) in [5.74, 6) is 1.48. The number of methoxy groups -OCH3 is 1. The number of benzene rings is 2. The van der Waals surface area contributed by atoms with Crippen LogP contribution in [0.25, 0.3) is 5.69 Å². The van der Waals surface area contributed by atoms with Gasteiger partial charge in [0, 0.05) is 0 Å². The average molecular weight is 435 g/mol. The van der Waals surface area contributed by atoms with Crippen LogP contribution in [0, 0.1) is 0 Å². The van der Waals surface area contributed by atoms with E-state index in [9.17, 15) is 0 Å². The summed E-state index contributed by atoms with van der Waals surface area (Å²) >= 11 is 16.8. The first kappa shape index (κ1) is 18.9. The molecule has 1 aliphatic heterocycles. The molecule has 2 N–H and O–H groups in total. The molecule has 28 heavy (non-hydrogen) atoms. The van der Waals surface area contributed by atoms with E-state index in [1.165, 1.54) is 0 Å². The molecule has 0 bridgehead atoms. The molecule has 0 amide bonds. The second kappa shape index (κ2) is 7.92. The Morgan fingerprint density at radius 2 is 1.89 bits per heavy atom. The maximum atomic E-state index is 6.13. The predicted molar refractivity (Wildman–Crippen MR) is 112 cm³/mol. The lowest BCUT2D eigenvalue weighted by Crippen LogP contribution is -2.40. The first-order valence-corrected chi connectivity index (χ1v) is 9.48. The number of nitrogens with one attached hydrogen (secondary N) is 2. The summed E-state index contributed by atoms with van der Waals surface area (Å²) in [6, 6.07) is 13.1. The highest BCUT2D eigenvalue weighted by molar-refractivity contribution is 7.80. The molecule has 10 heteroatoms. The van der Waals surface area contributed by atoms with E-state index < -0.39 is 0 Å². The van der Waals surface area contributed by atoms with Gasteiger partial charge in [0.05, 0.1) is 41.1 Å². The summed E-state index contributed by atoms with van der Waals surface area (Å²) in [6.07, 6.45) is 1.71. The van der Waals surface area contributed by atoms with Crippen molar-refractivity contribution in [2.24, 2.45) is 5.10 Å². The predicted octanol–water partition coefficient (Wildman–Crippen LogP) is 3.66. The van der Waals surface area contributed by atoms with Crippen molar-refractivity contribution in [1.82, 2.24) is 25.9 Å². The SMILES string of the molecule is COc1ccc(CN2NNN=C2c2cnn(-c3ccc(Cl)c(Cl)c3)c2S)cc1. The van der Waals surface area contributed by atoms with E-state index in [4.69, 9.17) is 27.9 Å². The number of nitrogens with zero attached hydrogens (tertiary/aromatic N) is 4. The van der Waals surface area contributed by atoms with Crippen molar-refractivity contribution >= 4 is 41.7 Å². The summed E-state index contributed by atoms with van der Waals surface area (Å²) in [6.45, 7) is 0.584. The number of rotatable bonds is 5. The average Bonchev–Trinajstić information content (AvgIpc) is 3.31. The van der Waals surface area contributed by atoms with E-state index >= 15 is 0 Å². The molecule has 0 atom stereocenters. The van der Waals surface area contributed by atoms with Crippen molar-refractivity contribution in [3.8, 4) is 11.4 Å². The number of amidine groups is 1. The standard InChI is InChI=1S/C18H16Cl2N6OS/c1-27-13-5-2-11(3-6-13)10-25-17(22-23-24-25)14-9-21-26(18(14)28)12-4-7-15(19)16(20)8-12/h2-9,23-24,28H,10H2,1H3. The van der Waals surface area contributed by atoms with E-state index in [0.717, 1.165) is 22.6 Å². The van der Waals surface area contributed by atoms with Crippen molar-refractivity contribution in [3.63, 3.8) is 0 Å². The van der Waals surface area contributed by atoms with Crippen molar-refractivity contribution < 1.29 is 4.74 Å². The molecule has 0 unspecified atom stereocenters. The zero-order valence-electron chi connectivity index (χ0n) is 14.7. The zero-order valence-corrected chi connectivity index (χ0v) is 17.1. The molecule has 2 heterocycles. The van der Waals surface area contributed by atoms with Crippen LogP contribution >= 0.6 is 35.8 Å². The number of aromatic nitrogens is 2. The van der Waals surface area contributed by atoms with E-state index in [-0.39, 0.29) is 0 Å². The van der Waals surface area contributed by atoms with Gasteiger partial charge in [0.1, 0.15) is 10.8 Å². The lowest BCUT2D eigenvalue weighted by atomic mass is 10.2. The fourth-order valence-electron chi connectivity index (χ4n) is 2.79. The summed E-state index contributed by atoms with van der Waals surface area (Å²) in [7, 11) is 1.64. The molecule has 2 aromatic carbocycles. The highest BCUT2D eigenvalue weighted by Gasteiger charge is 2.24. The third-order valence-electron chi connectivity index (χ3n) is 4.23. The van der Waals surface area contributed by atoms with Crippen molar-refractivity contribution in [1.29, 1.82) is 0 Å². The van der Waals surface area contributed by atoms with Gasteiger partial charge in [-0.3, -0.25) is 5.01 Å². The fraction of sp³-hybridized carbons (Fsp3) is 0.111. The summed E-state index contributed by atoms with van der Waals surface area (Å²) in [5.41, 5.74) is 8.41. The molecule has 1 aromatic heterocycles. The van der Waals surface area contributed by atoms with E-state index in [0.29, 0.717) is 27.5 Å². The largest absolute Gasteiger partial charge is 0.497 e. The lowest BCUT2D eigenvalue weighted by Gasteiger charge is -2.19. The van der Waals surface area contributed by atoms with Gasteiger partial charge in [-0.2, -0.15) is 5.10 Å². The Morgan fingerprint density at radius 1 is 1.11 bits per heavy atom. The maximum absolute atomic E-state index is 6.13. The van der Waals surface area contributed by atoms with Crippen molar-refractivity contribution in [2.75, 3.05) is 7.11 Å². The molecular weight excluding hydrogens is 419 g/mol. The third kappa shape index (κ3) is 3.64. The minimum Gasteiger partial charge on any atom is -0.497 e. The number of thiol groups is 1. The Kier molecular flexibility index (Phi) is 5.36. The molecule has 144 valence electrons. The van der Waals surface area contributed by atoms with E-state index in [1.807, 2.05) is 35.3 Å². The lowest BCUT2D eigenvalue weighted by molar-refractivity contribution is 0.287. The quantitative estimate of drug-likeness (QED) is 0.534. The maximum Gasteiger partial charge on any atom is 0.177 e. The van der Waals surface area contributed by atoms with Crippen molar-refractivity contribution in [2.45, 2.75) is 11.6 Å². The molecule has 0 fully saturated rings. The van der Waals surface area contributed by atoms with Crippen LogP contribution in [0.5, 0.6) is 5.75 Å². The number of hydrazone groups is 1. The van der Waals surface area contributed by atoms with Gasteiger partial charge in [-0.05, 0) is 35.9 Å². The Morgan fingerprint density at radius 3 is 2.61 bits per heavy atom. The highest BCUT2D eigenvalue weighted by Crippen LogP contribution is 2.27. The van der Waals surface area contributed by atoms with Crippen LogP contribution in [0.4, 0.5) is 0 Å². The smallest absolute Gasteiger partial charge is 0.177 e. The van der Waals surface area contributed by atoms with Crippen LogP contribution in [-0.4, -0.2) is 27.7 Å². The van der Waals surface area contributed by atoms with Crippen LogP contribution < -0.4 is 15.8 Å². The Bertz CT molecular complexity index is 1040. The topological polar surface area (TPSA) is 66.7 Å². The molecule has 0 radical (unpaired) electrons. The Labute approximate surface area is 177 Å². The van der Waals surface area contributed by atoms with Gasteiger partial charge in [0.2, 0.25) is 0 Å². The van der Waals surface area contributed by atoms with Gasteiger partial charge in [-0.1, -0.05) is 35.3 Å². The normalized spacial score (nSPS) is 13.4. The van der Waals surface area contributed by atoms with Crippen LogP contribution in [0.3, 0.4) is 0 Å². The molecule has 1 aliphatic rings. The second-order valence-corrected chi connectivity index (χ2v) is 7.22. The first-order chi connectivity index (χ1) is 13.6. The summed E-state index contributed by atoms with van der Waals surface area (Å²) in [4.78, 5) is 0. The number of ether oxygens (including phenoxy) is 1. The number of hydrogen-bond acceptors (Lipinski definition) is 7. The number of hydrazine groups is 2. The molecule has 3 aromatic rings. The van der Waals surface area contributed by atoms with Gasteiger partial charge in [-0.15, -0.1) is 23.3 Å². The third-order valence-corrected chi connectivity index (χ3v) is 5.40. The van der Waals surface area contributed by atoms with E-state index in [1.54, 1.807) is 30.1 Å². The highest BCUT2D eigenvalue weighted by atomic mass is 35.5. The fourth-order valence-corrected chi connectivity index (χ4v) is 3.41. The van der Waals surface area contributed by atoms with Crippen LogP contribution in [0.15, 0.2) is 58.8 Å². The van der Waals surface area contributed by atoms with Crippen LogP contribution in [-0.2, 0) is 6.54 Å². The van der Waals surface area contributed by atoms with Crippen LogP contribution in [0.2, 0.25) is 10.0 Å². The molecule has 0 aliphatic carbocycles. The van der Waals surface area contributed by atoms with Crippen molar-refractivity contribution in [3.05, 3.63) is 69.8 Å². The molecule has 4 rings (SSSR count). The van der Waals surface area contributed by atoms with Gasteiger partial charge in [0.25, 0.3) is 0 Å². The van der Waals surface area contributed by atoms with E-state index in [2.05, 4.69) is 33.9 Å². The minimum atomic E-state index is 0.451. The van der Waals surface area contributed by atoms with Gasteiger partial charge >= 0.3 is 0 Å². The monoisotopic (exact) mass is 434 g/mol. The number of hydrogen-bond donors (Lipinski definition) is 3. The Balaban J connectivity index is 1.59. The molecule has 0 spiro atoms.